The van der Waals surface area contributed by atoms with E-state index in [-0.39, 0.29) is 5.43 Å². The largest absolute Gasteiger partial charge is 0.489 e. The summed E-state index contributed by atoms with van der Waals surface area (Å²) in [6.45, 7) is 5.65. The molecule has 0 bridgehead atoms. The molecule has 1 aliphatic heterocycles. The van der Waals surface area contributed by atoms with Crippen molar-refractivity contribution in [2.24, 2.45) is 0 Å². The number of quaternary nitrogens is 1. The lowest BCUT2D eigenvalue weighted by molar-refractivity contribution is -0.901. The van der Waals surface area contributed by atoms with Crippen molar-refractivity contribution in [1.82, 2.24) is 4.98 Å². The van der Waals surface area contributed by atoms with Gasteiger partial charge in [-0.05, 0) is 30.7 Å². The summed E-state index contributed by atoms with van der Waals surface area (Å²) < 4.78 is 5.90. The summed E-state index contributed by atoms with van der Waals surface area (Å²) in [5.41, 5.74) is 4.03. The molecule has 0 aliphatic carbocycles. The second-order valence-corrected chi connectivity index (χ2v) is 7.17. The predicted molar refractivity (Wildman–Crippen MR) is 104 cm³/mol. The van der Waals surface area contributed by atoms with Gasteiger partial charge in [0.2, 0.25) is 0 Å². The number of likely N-dealkylation sites (tertiary alicyclic amines) is 1. The fraction of sp³-hybridized carbons (Fsp3) is 0.318. The van der Waals surface area contributed by atoms with Crippen molar-refractivity contribution >= 4 is 10.9 Å². The number of benzene rings is 2. The molecule has 0 atom stereocenters. The molecule has 0 saturated carbocycles. The lowest BCUT2D eigenvalue weighted by Gasteiger charge is -2.14. The molecule has 1 saturated heterocycles. The second kappa shape index (κ2) is 7.34. The van der Waals surface area contributed by atoms with Gasteiger partial charge in [-0.1, -0.05) is 30.3 Å². The number of fused-ring (bicyclic) bond motifs is 1. The Balaban J connectivity index is 1.62. The molecule has 3 aromatic rings. The van der Waals surface area contributed by atoms with E-state index in [1.54, 1.807) is 0 Å². The molecule has 0 amide bonds. The van der Waals surface area contributed by atoms with E-state index in [0.717, 1.165) is 53.1 Å². The Morgan fingerprint density at radius 3 is 2.62 bits per heavy atom. The normalized spacial score (nSPS) is 14.8. The van der Waals surface area contributed by atoms with Gasteiger partial charge in [0, 0.05) is 29.4 Å². The molecule has 4 nitrogen and oxygen atoms in total. The van der Waals surface area contributed by atoms with E-state index in [1.165, 1.54) is 17.7 Å². The van der Waals surface area contributed by atoms with E-state index in [1.807, 2.05) is 55.5 Å². The van der Waals surface area contributed by atoms with Gasteiger partial charge in [0.25, 0.3) is 0 Å². The Labute approximate surface area is 153 Å². The Kier molecular flexibility index (Phi) is 4.76. The van der Waals surface area contributed by atoms with E-state index in [0.29, 0.717) is 6.61 Å². The molecule has 2 N–H and O–H groups in total. The number of nitrogens with one attached hydrogen (secondary N) is 2. The number of hydrogen-bond acceptors (Lipinski definition) is 2. The summed E-state index contributed by atoms with van der Waals surface area (Å²) >= 11 is 0. The van der Waals surface area contributed by atoms with Crippen LogP contribution in [0, 0.1) is 6.92 Å². The highest BCUT2D eigenvalue weighted by Gasteiger charge is 2.20. The van der Waals surface area contributed by atoms with Gasteiger partial charge in [-0.3, -0.25) is 4.79 Å². The third-order valence-electron chi connectivity index (χ3n) is 5.27. The lowest BCUT2D eigenvalue weighted by atomic mass is 10.1. The van der Waals surface area contributed by atoms with Crippen LogP contribution >= 0.6 is 0 Å². The zero-order valence-electron chi connectivity index (χ0n) is 15.2. The maximum absolute atomic E-state index is 13.1. The number of pyridine rings is 1. The molecule has 1 aromatic heterocycles. The standard InChI is InChI=1S/C22H24N2O2/c1-16-20(14-24-11-5-6-12-24)22(25)19-13-18(9-10-21(19)23-16)26-15-17-7-3-2-4-8-17/h2-4,7-10,13H,5-6,11-12,14-15H2,1H3,(H,23,25)/p+1. The molecule has 0 spiro atoms. The highest BCUT2D eigenvalue weighted by molar-refractivity contribution is 5.81. The number of aromatic amines is 1. The van der Waals surface area contributed by atoms with Crippen LogP contribution in [0.1, 0.15) is 29.7 Å². The smallest absolute Gasteiger partial charge is 0.198 e. The van der Waals surface area contributed by atoms with Crippen molar-refractivity contribution in [2.75, 3.05) is 13.1 Å². The number of H-pyrrole nitrogens is 1. The van der Waals surface area contributed by atoms with Crippen molar-refractivity contribution in [3.63, 3.8) is 0 Å². The molecule has 1 aliphatic rings. The molecule has 2 heterocycles. The van der Waals surface area contributed by atoms with Crippen LogP contribution in [0.5, 0.6) is 5.75 Å². The van der Waals surface area contributed by atoms with Gasteiger partial charge in [0.15, 0.2) is 5.43 Å². The van der Waals surface area contributed by atoms with Gasteiger partial charge in [0.05, 0.1) is 18.7 Å². The first-order chi connectivity index (χ1) is 12.7. The van der Waals surface area contributed by atoms with Crippen LogP contribution in [0.25, 0.3) is 10.9 Å². The molecule has 134 valence electrons. The van der Waals surface area contributed by atoms with Crippen molar-refractivity contribution in [2.45, 2.75) is 32.9 Å². The van der Waals surface area contributed by atoms with E-state index in [4.69, 9.17) is 4.74 Å². The van der Waals surface area contributed by atoms with Crippen LogP contribution in [0.3, 0.4) is 0 Å². The number of ether oxygens (including phenoxy) is 1. The van der Waals surface area contributed by atoms with Crippen molar-refractivity contribution in [3.05, 3.63) is 75.6 Å². The molecular weight excluding hydrogens is 324 g/mol. The Morgan fingerprint density at radius 2 is 1.85 bits per heavy atom. The molecule has 2 aromatic carbocycles. The minimum absolute atomic E-state index is 0.140. The average Bonchev–Trinajstić information content (AvgIpc) is 3.18. The number of aryl methyl sites for hydroxylation is 1. The van der Waals surface area contributed by atoms with Gasteiger partial charge >= 0.3 is 0 Å². The van der Waals surface area contributed by atoms with Gasteiger partial charge in [0.1, 0.15) is 18.9 Å². The van der Waals surface area contributed by atoms with Gasteiger partial charge in [-0.25, -0.2) is 0 Å². The Bertz CT molecular complexity index is 957. The summed E-state index contributed by atoms with van der Waals surface area (Å²) in [6.07, 6.45) is 2.52. The van der Waals surface area contributed by atoms with Crippen molar-refractivity contribution in [3.8, 4) is 5.75 Å². The van der Waals surface area contributed by atoms with Crippen LogP contribution < -0.4 is 15.1 Å². The zero-order valence-corrected chi connectivity index (χ0v) is 15.2. The maximum atomic E-state index is 13.1. The quantitative estimate of drug-likeness (QED) is 0.744. The van der Waals surface area contributed by atoms with Crippen LogP contribution in [-0.2, 0) is 13.2 Å². The number of rotatable bonds is 5. The summed E-state index contributed by atoms with van der Waals surface area (Å²) in [5, 5.41) is 0.717. The fourth-order valence-corrected chi connectivity index (χ4v) is 3.78. The molecule has 26 heavy (non-hydrogen) atoms. The van der Waals surface area contributed by atoms with Crippen LogP contribution in [0.15, 0.2) is 53.3 Å². The number of hydrogen-bond donors (Lipinski definition) is 2. The third kappa shape index (κ3) is 3.51. The van der Waals surface area contributed by atoms with Crippen LogP contribution in [-0.4, -0.2) is 18.1 Å². The maximum Gasteiger partial charge on any atom is 0.198 e. The first-order valence-corrected chi connectivity index (χ1v) is 9.36. The Morgan fingerprint density at radius 1 is 1.08 bits per heavy atom. The second-order valence-electron chi connectivity index (χ2n) is 7.17. The van der Waals surface area contributed by atoms with E-state index in [2.05, 4.69) is 4.98 Å². The van der Waals surface area contributed by atoms with E-state index < -0.39 is 0 Å². The topological polar surface area (TPSA) is 46.5 Å². The van der Waals surface area contributed by atoms with E-state index >= 15 is 0 Å². The van der Waals surface area contributed by atoms with Crippen LogP contribution in [0.4, 0.5) is 0 Å². The molecule has 0 unspecified atom stereocenters. The van der Waals surface area contributed by atoms with Gasteiger partial charge in [-0.2, -0.15) is 0 Å². The fourth-order valence-electron chi connectivity index (χ4n) is 3.78. The average molecular weight is 349 g/mol. The third-order valence-corrected chi connectivity index (χ3v) is 5.27. The summed E-state index contributed by atoms with van der Waals surface area (Å²) in [6, 6.07) is 15.8. The first kappa shape index (κ1) is 16.9. The SMILES string of the molecule is Cc1[nH]c2ccc(OCc3ccccc3)cc2c(=O)c1C[NH+]1CCCC1. The van der Waals surface area contributed by atoms with Crippen molar-refractivity contribution in [1.29, 1.82) is 0 Å². The number of aromatic nitrogens is 1. The summed E-state index contributed by atoms with van der Waals surface area (Å²) in [5.74, 6) is 0.732. The minimum Gasteiger partial charge on any atom is -0.489 e. The lowest BCUT2D eigenvalue weighted by Crippen LogP contribution is -3.08. The van der Waals surface area contributed by atoms with Gasteiger partial charge < -0.3 is 14.6 Å². The predicted octanol–water partition coefficient (Wildman–Crippen LogP) is 2.59. The summed E-state index contributed by atoms with van der Waals surface area (Å²) in [4.78, 5) is 18.0. The molecule has 4 rings (SSSR count). The highest BCUT2D eigenvalue weighted by Crippen LogP contribution is 2.19. The molecule has 4 heteroatoms. The summed E-state index contributed by atoms with van der Waals surface area (Å²) in [7, 11) is 0. The highest BCUT2D eigenvalue weighted by atomic mass is 16.5. The first-order valence-electron chi connectivity index (χ1n) is 9.36. The Hall–Kier alpha value is -2.59. The monoisotopic (exact) mass is 349 g/mol. The van der Waals surface area contributed by atoms with Crippen molar-refractivity contribution < 1.29 is 9.64 Å². The van der Waals surface area contributed by atoms with Gasteiger partial charge in [-0.15, -0.1) is 0 Å². The molecular formula is C22H25N2O2+. The zero-order chi connectivity index (χ0) is 17.9. The van der Waals surface area contributed by atoms with Crippen LogP contribution in [0.2, 0.25) is 0 Å². The van der Waals surface area contributed by atoms with E-state index in [9.17, 15) is 4.79 Å². The molecule has 0 radical (unpaired) electrons. The minimum atomic E-state index is 0.140. The molecule has 1 fully saturated rings.